The molecule has 1 aromatic rings. The molecular weight excluding hydrogens is 485 g/mol. The molecule has 8 heteroatoms. The Kier molecular flexibility index (Phi) is 17.5. The van der Waals surface area contributed by atoms with Gasteiger partial charge in [-0.05, 0) is 31.9 Å². The number of nitrogens with one attached hydrogen (secondary N) is 2. The van der Waals surface area contributed by atoms with Gasteiger partial charge in [-0.15, -0.1) is 24.0 Å². The van der Waals surface area contributed by atoms with Gasteiger partial charge in [-0.1, -0.05) is 18.9 Å². The molecule has 0 fully saturated rings. The highest BCUT2D eigenvalue weighted by Crippen LogP contribution is 2.17. The third-order valence-corrected chi connectivity index (χ3v) is 3.99. The van der Waals surface area contributed by atoms with Gasteiger partial charge in [0.15, 0.2) is 5.96 Å². The van der Waals surface area contributed by atoms with Crippen molar-refractivity contribution in [3.8, 4) is 5.75 Å². The Hall–Kier alpha value is -1.55. The topological polar surface area (TPSA) is 81.2 Å². The zero-order valence-electron chi connectivity index (χ0n) is 17.9. The van der Waals surface area contributed by atoms with E-state index in [0.717, 1.165) is 56.0 Å². The lowest BCUT2D eigenvalue weighted by Gasteiger charge is -2.13. The van der Waals surface area contributed by atoms with Crippen LogP contribution in [0, 0.1) is 0 Å². The minimum absolute atomic E-state index is 0. The van der Waals surface area contributed by atoms with Crippen LogP contribution in [0.25, 0.3) is 0 Å². The first-order valence-electron chi connectivity index (χ1n) is 10.0. The molecule has 0 radical (unpaired) electrons. The molecule has 166 valence electrons. The van der Waals surface area contributed by atoms with E-state index in [9.17, 15) is 4.79 Å². The molecule has 0 aliphatic carbocycles. The summed E-state index contributed by atoms with van der Waals surface area (Å²) in [5.41, 5.74) is 0.923. The number of aliphatic imine (C=N–C) groups is 1. The fourth-order valence-electron chi connectivity index (χ4n) is 2.56. The summed E-state index contributed by atoms with van der Waals surface area (Å²) in [6.45, 7) is 4.43. The van der Waals surface area contributed by atoms with Crippen LogP contribution in [0.4, 0.5) is 5.69 Å². The zero-order chi connectivity index (χ0) is 20.5. The molecule has 0 unspecified atom stereocenters. The van der Waals surface area contributed by atoms with Crippen molar-refractivity contribution in [3.05, 3.63) is 24.3 Å². The van der Waals surface area contributed by atoms with Gasteiger partial charge in [-0.2, -0.15) is 0 Å². The molecule has 7 nitrogen and oxygen atoms in total. The van der Waals surface area contributed by atoms with Crippen molar-refractivity contribution in [2.24, 2.45) is 4.99 Å². The lowest BCUT2D eigenvalue weighted by Crippen LogP contribution is -2.31. The van der Waals surface area contributed by atoms with Gasteiger partial charge in [0.1, 0.15) is 5.75 Å². The van der Waals surface area contributed by atoms with Gasteiger partial charge in [-0.25, -0.2) is 0 Å². The smallest absolute Gasteiger partial charge is 0.305 e. The first-order chi connectivity index (χ1) is 13.7. The number of nitrogens with zero attached hydrogens (tertiary/aromatic N) is 1. The molecule has 0 aromatic heterocycles. The highest BCUT2D eigenvalue weighted by molar-refractivity contribution is 14.0. The standard InChI is InChI=1S/C21H35N3O4.HI/c1-4-27-20(25)13-7-5-6-8-14-23-21(22-2)24-18-11-9-12-19(17-18)28-16-10-15-26-3;/h9,11-12,17H,4-8,10,13-16H2,1-3H3,(H2,22,23,24);1H. The molecular formula is C21H36IN3O4. The van der Waals surface area contributed by atoms with Gasteiger partial charge in [0.05, 0.1) is 13.2 Å². The first-order valence-corrected chi connectivity index (χ1v) is 10.0. The van der Waals surface area contributed by atoms with E-state index in [-0.39, 0.29) is 29.9 Å². The normalized spacial score (nSPS) is 10.8. The van der Waals surface area contributed by atoms with Crippen LogP contribution in [0.15, 0.2) is 29.3 Å². The van der Waals surface area contributed by atoms with E-state index in [0.29, 0.717) is 26.2 Å². The largest absolute Gasteiger partial charge is 0.493 e. The summed E-state index contributed by atoms with van der Waals surface area (Å²) in [5.74, 6) is 1.44. The average Bonchev–Trinajstić information content (AvgIpc) is 2.70. The minimum atomic E-state index is -0.102. The van der Waals surface area contributed by atoms with Gasteiger partial charge < -0.3 is 24.8 Å². The van der Waals surface area contributed by atoms with E-state index < -0.39 is 0 Å². The van der Waals surface area contributed by atoms with E-state index in [2.05, 4.69) is 15.6 Å². The highest BCUT2D eigenvalue weighted by atomic mass is 127. The second-order valence-electron chi connectivity index (χ2n) is 6.32. The number of guanidine groups is 1. The van der Waals surface area contributed by atoms with Gasteiger partial charge in [-0.3, -0.25) is 9.79 Å². The van der Waals surface area contributed by atoms with Crippen molar-refractivity contribution >= 4 is 41.6 Å². The summed E-state index contributed by atoms with van der Waals surface area (Å²) in [6.07, 6.45) is 5.35. The SMILES string of the molecule is CCOC(=O)CCCCCCNC(=NC)Nc1cccc(OCCCOC)c1.I. The molecule has 0 heterocycles. The highest BCUT2D eigenvalue weighted by Gasteiger charge is 2.03. The Bertz CT molecular complexity index is 585. The molecule has 0 amide bonds. The van der Waals surface area contributed by atoms with Crippen molar-refractivity contribution < 1.29 is 19.0 Å². The first kappa shape index (κ1) is 27.5. The van der Waals surface area contributed by atoms with Crippen LogP contribution >= 0.6 is 24.0 Å². The summed E-state index contributed by atoms with van der Waals surface area (Å²) >= 11 is 0. The molecule has 1 rings (SSSR count). The molecule has 0 saturated carbocycles. The summed E-state index contributed by atoms with van der Waals surface area (Å²) < 4.78 is 15.7. The van der Waals surface area contributed by atoms with Gasteiger partial charge in [0.2, 0.25) is 0 Å². The number of ether oxygens (including phenoxy) is 3. The number of unbranched alkanes of at least 4 members (excludes halogenated alkanes) is 3. The Balaban J connectivity index is 0.00000784. The third-order valence-electron chi connectivity index (χ3n) is 3.99. The molecule has 0 bridgehead atoms. The predicted molar refractivity (Wildman–Crippen MR) is 129 cm³/mol. The fourth-order valence-corrected chi connectivity index (χ4v) is 2.56. The monoisotopic (exact) mass is 521 g/mol. The maximum Gasteiger partial charge on any atom is 0.305 e. The van der Waals surface area contributed by atoms with Crippen molar-refractivity contribution in [3.63, 3.8) is 0 Å². The van der Waals surface area contributed by atoms with E-state index in [1.54, 1.807) is 14.2 Å². The minimum Gasteiger partial charge on any atom is -0.493 e. The van der Waals surface area contributed by atoms with Crippen molar-refractivity contribution in [2.45, 2.75) is 45.4 Å². The van der Waals surface area contributed by atoms with Crippen molar-refractivity contribution in [2.75, 3.05) is 45.8 Å². The number of halogens is 1. The lowest BCUT2D eigenvalue weighted by atomic mass is 10.1. The Labute approximate surface area is 192 Å². The summed E-state index contributed by atoms with van der Waals surface area (Å²) in [7, 11) is 3.44. The quantitative estimate of drug-likeness (QED) is 0.126. The van der Waals surface area contributed by atoms with E-state index >= 15 is 0 Å². The molecule has 2 N–H and O–H groups in total. The molecule has 29 heavy (non-hydrogen) atoms. The molecule has 1 aromatic carbocycles. The average molecular weight is 521 g/mol. The maximum absolute atomic E-state index is 11.3. The second-order valence-corrected chi connectivity index (χ2v) is 6.32. The van der Waals surface area contributed by atoms with E-state index in [1.165, 1.54) is 0 Å². The Morgan fingerprint density at radius 3 is 2.62 bits per heavy atom. The number of carbonyl (C=O) groups excluding carboxylic acids is 1. The van der Waals surface area contributed by atoms with Crippen LogP contribution in [0.5, 0.6) is 5.75 Å². The third kappa shape index (κ3) is 14.1. The number of hydrogen-bond acceptors (Lipinski definition) is 5. The molecule has 0 saturated heterocycles. The van der Waals surface area contributed by atoms with Gasteiger partial charge in [0.25, 0.3) is 0 Å². The molecule has 0 aliphatic heterocycles. The Morgan fingerprint density at radius 2 is 1.90 bits per heavy atom. The van der Waals surface area contributed by atoms with Crippen molar-refractivity contribution in [1.82, 2.24) is 5.32 Å². The number of rotatable bonds is 14. The number of carbonyl (C=O) groups is 1. The summed E-state index contributed by atoms with van der Waals surface area (Å²) in [6, 6.07) is 7.81. The van der Waals surface area contributed by atoms with Crippen LogP contribution in [0.1, 0.15) is 45.4 Å². The number of methoxy groups -OCH3 is 1. The van der Waals surface area contributed by atoms with Crippen LogP contribution in [-0.4, -0.2) is 52.5 Å². The number of benzene rings is 1. The lowest BCUT2D eigenvalue weighted by molar-refractivity contribution is -0.143. The number of hydrogen-bond donors (Lipinski definition) is 2. The Morgan fingerprint density at radius 1 is 1.10 bits per heavy atom. The number of esters is 1. The fraction of sp³-hybridized carbons (Fsp3) is 0.619. The van der Waals surface area contributed by atoms with Gasteiger partial charge in [0, 0.05) is 51.9 Å². The van der Waals surface area contributed by atoms with E-state index in [4.69, 9.17) is 14.2 Å². The van der Waals surface area contributed by atoms with Gasteiger partial charge >= 0.3 is 5.97 Å². The maximum atomic E-state index is 11.3. The molecule has 0 atom stereocenters. The van der Waals surface area contributed by atoms with Crippen LogP contribution in [0.2, 0.25) is 0 Å². The van der Waals surface area contributed by atoms with Crippen LogP contribution < -0.4 is 15.4 Å². The summed E-state index contributed by atoms with van der Waals surface area (Å²) in [4.78, 5) is 15.5. The number of anilines is 1. The van der Waals surface area contributed by atoms with E-state index in [1.807, 2.05) is 31.2 Å². The zero-order valence-corrected chi connectivity index (χ0v) is 20.2. The second kappa shape index (κ2) is 18.5. The summed E-state index contributed by atoms with van der Waals surface area (Å²) in [5, 5.41) is 6.58. The molecule has 0 spiro atoms. The van der Waals surface area contributed by atoms with Crippen LogP contribution in [0.3, 0.4) is 0 Å². The predicted octanol–water partition coefficient (Wildman–Crippen LogP) is 4.22. The molecule has 0 aliphatic rings. The van der Waals surface area contributed by atoms with Crippen molar-refractivity contribution in [1.29, 1.82) is 0 Å². The van der Waals surface area contributed by atoms with Crippen LogP contribution in [-0.2, 0) is 14.3 Å².